The van der Waals surface area contributed by atoms with Crippen molar-refractivity contribution in [2.24, 2.45) is 0 Å². The molecule has 7 nitrogen and oxygen atoms in total. The van der Waals surface area contributed by atoms with Crippen molar-refractivity contribution in [3.05, 3.63) is 70.9 Å². The maximum Gasteiger partial charge on any atom is 0.338 e. The highest BCUT2D eigenvalue weighted by molar-refractivity contribution is 5.93. The summed E-state index contributed by atoms with van der Waals surface area (Å²) in [6.45, 7) is 4.01. The molecule has 0 atom stereocenters. The third-order valence-electron chi connectivity index (χ3n) is 4.60. The van der Waals surface area contributed by atoms with Crippen LogP contribution in [-0.4, -0.2) is 32.3 Å². The van der Waals surface area contributed by atoms with Crippen LogP contribution in [0.3, 0.4) is 0 Å². The number of esters is 1. The number of cyclic esters (lactones) is 1. The number of ether oxygens (including phenoxy) is 1. The van der Waals surface area contributed by atoms with Gasteiger partial charge < -0.3 is 10.1 Å². The maximum absolute atomic E-state index is 11.6. The molecule has 1 aliphatic rings. The minimum absolute atomic E-state index is 0.215. The Bertz CT molecular complexity index is 936. The lowest BCUT2D eigenvalue weighted by Crippen LogP contribution is -2.17. The van der Waals surface area contributed by atoms with E-state index in [1.165, 1.54) is 5.56 Å². The molecule has 0 amide bonds. The molecule has 7 heteroatoms. The lowest BCUT2D eigenvalue weighted by atomic mass is 9.97. The molecule has 1 aromatic carbocycles. The third-order valence-corrected chi connectivity index (χ3v) is 4.60. The average Bonchev–Trinajstić information content (AvgIpc) is 3.29. The van der Waals surface area contributed by atoms with Gasteiger partial charge in [0.25, 0.3) is 0 Å². The van der Waals surface area contributed by atoms with Crippen molar-refractivity contribution in [1.82, 2.24) is 25.1 Å². The highest BCUT2D eigenvalue weighted by Crippen LogP contribution is 2.25. The Morgan fingerprint density at radius 1 is 1.27 bits per heavy atom. The van der Waals surface area contributed by atoms with E-state index in [1.807, 2.05) is 24.5 Å². The topological polar surface area (TPSA) is 81.9 Å². The van der Waals surface area contributed by atoms with Gasteiger partial charge in [-0.15, -0.1) is 0 Å². The fourth-order valence-corrected chi connectivity index (χ4v) is 3.11. The van der Waals surface area contributed by atoms with Crippen molar-refractivity contribution in [3.8, 4) is 5.82 Å². The molecular weight excluding hydrogens is 330 g/mol. The third kappa shape index (κ3) is 3.21. The molecule has 4 rings (SSSR count). The van der Waals surface area contributed by atoms with E-state index in [9.17, 15) is 4.79 Å². The Morgan fingerprint density at radius 3 is 3.04 bits per heavy atom. The zero-order valence-corrected chi connectivity index (χ0v) is 14.5. The van der Waals surface area contributed by atoms with Gasteiger partial charge in [-0.25, -0.2) is 14.5 Å². The molecule has 0 radical (unpaired) electrons. The molecule has 0 saturated heterocycles. The van der Waals surface area contributed by atoms with Crippen LogP contribution in [0.2, 0.25) is 0 Å². The molecule has 3 aromatic rings. The number of fused-ring (bicyclic) bond motifs is 1. The van der Waals surface area contributed by atoms with Crippen molar-refractivity contribution in [2.45, 2.75) is 26.5 Å². The van der Waals surface area contributed by atoms with E-state index in [0.717, 1.165) is 36.2 Å². The van der Waals surface area contributed by atoms with Crippen LogP contribution in [0, 0.1) is 6.92 Å². The second-order valence-corrected chi connectivity index (χ2v) is 6.24. The van der Waals surface area contributed by atoms with Gasteiger partial charge in [0, 0.05) is 36.3 Å². The molecule has 132 valence electrons. The van der Waals surface area contributed by atoms with Gasteiger partial charge in [0.1, 0.15) is 6.61 Å². The minimum Gasteiger partial charge on any atom is -0.457 e. The molecule has 26 heavy (non-hydrogen) atoms. The molecule has 1 N–H and O–H groups in total. The van der Waals surface area contributed by atoms with E-state index in [-0.39, 0.29) is 5.97 Å². The lowest BCUT2D eigenvalue weighted by molar-refractivity contribution is 0.0535. The van der Waals surface area contributed by atoms with Crippen LogP contribution in [0.25, 0.3) is 5.82 Å². The Labute approximate surface area is 151 Å². The SMILES string of the molecule is Cc1c(CCNCc2cnn(-c3cnccn3)c2)ccc2c1COC2=O. The van der Waals surface area contributed by atoms with Crippen molar-refractivity contribution >= 4 is 5.97 Å². The van der Waals surface area contributed by atoms with Gasteiger partial charge in [-0.05, 0) is 37.1 Å². The molecule has 0 aliphatic carbocycles. The van der Waals surface area contributed by atoms with Crippen molar-refractivity contribution in [1.29, 1.82) is 0 Å². The van der Waals surface area contributed by atoms with Gasteiger partial charge in [-0.3, -0.25) is 4.98 Å². The largest absolute Gasteiger partial charge is 0.457 e. The van der Waals surface area contributed by atoms with Crippen LogP contribution < -0.4 is 5.32 Å². The van der Waals surface area contributed by atoms with Crippen molar-refractivity contribution in [3.63, 3.8) is 0 Å². The van der Waals surface area contributed by atoms with Gasteiger partial charge in [-0.2, -0.15) is 5.10 Å². The molecule has 0 saturated carbocycles. The van der Waals surface area contributed by atoms with E-state index in [4.69, 9.17) is 4.74 Å². The molecule has 0 bridgehead atoms. The first kappa shape index (κ1) is 16.4. The predicted octanol–water partition coefficient (Wildman–Crippen LogP) is 1.97. The Kier molecular flexibility index (Phi) is 4.45. The summed E-state index contributed by atoms with van der Waals surface area (Å²) in [5.74, 6) is 0.483. The quantitative estimate of drug-likeness (QED) is 0.541. The monoisotopic (exact) mass is 349 g/mol. The van der Waals surface area contributed by atoms with Gasteiger partial charge in [0.2, 0.25) is 0 Å². The summed E-state index contributed by atoms with van der Waals surface area (Å²) < 4.78 is 6.82. The van der Waals surface area contributed by atoms with E-state index in [2.05, 4.69) is 27.3 Å². The number of aromatic nitrogens is 4. The number of rotatable bonds is 6. The number of benzene rings is 1. The summed E-state index contributed by atoms with van der Waals surface area (Å²) >= 11 is 0. The number of nitrogens with one attached hydrogen (secondary N) is 1. The van der Waals surface area contributed by atoms with E-state index in [1.54, 1.807) is 23.3 Å². The Balaban J connectivity index is 1.32. The lowest BCUT2D eigenvalue weighted by Gasteiger charge is -2.09. The van der Waals surface area contributed by atoms with Crippen molar-refractivity contribution in [2.75, 3.05) is 6.54 Å². The molecule has 3 heterocycles. The van der Waals surface area contributed by atoms with Gasteiger partial charge in [0.15, 0.2) is 5.82 Å². The van der Waals surface area contributed by atoms with E-state index >= 15 is 0 Å². The standard InChI is InChI=1S/C19H19N5O2/c1-13-15(2-3-16-17(13)12-26-19(16)25)4-5-20-8-14-9-23-24(11-14)18-10-21-6-7-22-18/h2-3,6-7,9-11,20H,4-5,8,12H2,1H3. The predicted molar refractivity (Wildman–Crippen MR) is 94.9 cm³/mol. The molecule has 0 spiro atoms. The minimum atomic E-state index is -0.215. The first-order valence-electron chi connectivity index (χ1n) is 8.51. The van der Waals surface area contributed by atoms with Gasteiger partial charge in [0.05, 0.1) is 18.0 Å². The fraction of sp³-hybridized carbons (Fsp3) is 0.263. The zero-order chi connectivity index (χ0) is 17.9. The normalized spacial score (nSPS) is 12.9. The zero-order valence-electron chi connectivity index (χ0n) is 14.5. The second-order valence-electron chi connectivity index (χ2n) is 6.24. The molecular formula is C19H19N5O2. The van der Waals surface area contributed by atoms with Crippen LogP contribution >= 0.6 is 0 Å². The van der Waals surface area contributed by atoms with Crippen LogP contribution in [0.15, 0.2) is 43.1 Å². The maximum atomic E-state index is 11.6. The second kappa shape index (κ2) is 7.05. The van der Waals surface area contributed by atoms with Crippen LogP contribution in [0.5, 0.6) is 0 Å². The van der Waals surface area contributed by atoms with Crippen LogP contribution in [-0.2, 0) is 24.3 Å². The summed E-state index contributed by atoms with van der Waals surface area (Å²) in [4.78, 5) is 19.9. The van der Waals surface area contributed by atoms with Crippen LogP contribution in [0.4, 0.5) is 0 Å². The van der Waals surface area contributed by atoms with E-state index in [0.29, 0.717) is 18.0 Å². The highest BCUT2D eigenvalue weighted by Gasteiger charge is 2.23. The first-order valence-corrected chi connectivity index (χ1v) is 8.51. The van der Waals surface area contributed by atoms with E-state index < -0.39 is 0 Å². The number of nitrogens with zero attached hydrogens (tertiary/aromatic N) is 4. The molecule has 0 unspecified atom stereocenters. The fourth-order valence-electron chi connectivity index (χ4n) is 3.11. The molecule has 1 aliphatic heterocycles. The highest BCUT2D eigenvalue weighted by atomic mass is 16.5. The summed E-state index contributed by atoms with van der Waals surface area (Å²) in [5.41, 5.74) is 5.21. The Morgan fingerprint density at radius 2 is 2.19 bits per heavy atom. The number of carbonyl (C=O) groups is 1. The Hall–Kier alpha value is -3.06. The number of hydrogen-bond acceptors (Lipinski definition) is 6. The number of carbonyl (C=O) groups excluding carboxylic acids is 1. The molecule has 2 aromatic heterocycles. The van der Waals surface area contributed by atoms with Gasteiger partial charge >= 0.3 is 5.97 Å². The van der Waals surface area contributed by atoms with Crippen LogP contribution in [0.1, 0.15) is 32.6 Å². The van der Waals surface area contributed by atoms with Crippen molar-refractivity contribution < 1.29 is 9.53 Å². The summed E-state index contributed by atoms with van der Waals surface area (Å²) in [7, 11) is 0. The summed E-state index contributed by atoms with van der Waals surface area (Å²) in [6.07, 6.45) is 9.62. The summed E-state index contributed by atoms with van der Waals surface area (Å²) in [5, 5.41) is 7.74. The number of hydrogen-bond donors (Lipinski definition) is 1. The molecule has 0 fully saturated rings. The van der Waals surface area contributed by atoms with Gasteiger partial charge in [-0.1, -0.05) is 6.07 Å². The average molecular weight is 349 g/mol. The first-order chi connectivity index (χ1) is 12.7. The summed E-state index contributed by atoms with van der Waals surface area (Å²) in [6, 6.07) is 3.90. The smallest absolute Gasteiger partial charge is 0.338 e.